The molecular weight excluding hydrogens is 257 g/mol. The number of benzene rings is 1. The topological polar surface area (TPSA) is 32.7 Å². The molecule has 1 atom stereocenters. The molecule has 0 radical (unpaired) electrons. The van der Waals surface area contributed by atoms with Crippen LogP contribution in [0.2, 0.25) is 0 Å². The van der Waals surface area contributed by atoms with E-state index in [1.165, 1.54) is 12.1 Å². The van der Waals surface area contributed by atoms with Crippen LogP contribution in [0.4, 0.5) is 4.39 Å². The van der Waals surface area contributed by atoms with Gasteiger partial charge in [0, 0.05) is 31.8 Å². The van der Waals surface area contributed by atoms with Crippen LogP contribution in [0.15, 0.2) is 18.2 Å². The molecule has 1 fully saturated rings. The van der Waals surface area contributed by atoms with Crippen LogP contribution in [-0.2, 0) is 11.3 Å². The maximum atomic E-state index is 13.3. The van der Waals surface area contributed by atoms with Crippen LogP contribution < -0.4 is 0 Å². The lowest BCUT2D eigenvalue weighted by atomic mass is 10.1. The van der Waals surface area contributed by atoms with Crippen molar-refractivity contribution in [2.75, 3.05) is 26.3 Å². The molecule has 1 aromatic rings. The van der Waals surface area contributed by atoms with Gasteiger partial charge >= 0.3 is 0 Å². The van der Waals surface area contributed by atoms with Crippen molar-refractivity contribution in [1.29, 1.82) is 0 Å². The molecule has 0 spiro atoms. The van der Waals surface area contributed by atoms with Crippen LogP contribution in [-0.4, -0.2) is 42.4 Å². The minimum Gasteiger partial charge on any atom is -0.384 e. The van der Waals surface area contributed by atoms with E-state index in [2.05, 4.69) is 23.7 Å². The summed E-state index contributed by atoms with van der Waals surface area (Å²) in [6.07, 6.45) is 1.22. The van der Waals surface area contributed by atoms with Crippen molar-refractivity contribution >= 4 is 0 Å². The third-order valence-electron chi connectivity index (χ3n) is 3.30. The van der Waals surface area contributed by atoms with E-state index < -0.39 is 0 Å². The zero-order valence-electron chi connectivity index (χ0n) is 11.7. The Labute approximate surface area is 119 Å². The van der Waals surface area contributed by atoms with E-state index in [1.54, 1.807) is 6.07 Å². The fourth-order valence-corrected chi connectivity index (χ4v) is 2.40. The molecule has 1 N–H and O–H groups in total. The lowest BCUT2D eigenvalue weighted by molar-refractivity contribution is 0.0668. The van der Waals surface area contributed by atoms with Gasteiger partial charge in [-0.3, -0.25) is 4.90 Å². The zero-order chi connectivity index (χ0) is 14.4. The summed E-state index contributed by atoms with van der Waals surface area (Å²) in [6, 6.07) is 4.65. The Morgan fingerprint density at radius 1 is 1.50 bits per heavy atom. The Morgan fingerprint density at radius 3 is 3.15 bits per heavy atom. The first kappa shape index (κ1) is 15.0. The lowest BCUT2D eigenvalue weighted by Crippen LogP contribution is -2.30. The summed E-state index contributed by atoms with van der Waals surface area (Å²) in [5, 5.41) is 8.79. The second-order valence-electron chi connectivity index (χ2n) is 5.03. The van der Waals surface area contributed by atoms with Crippen LogP contribution in [0, 0.1) is 17.7 Å². The molecule has 1 heterocycles. The first-order valence-corrected chi connectivity index (χ1v) is 6.91. The highest BCUT2D eigenvalue weighted by Gasteiger charge is 2.16. The summed E-state index contributed by atoms with van der Waals surface area (Å²) in [7, 11) is 0. The van der Waals surface area contributed by atoms with Gasteiger partial charge < -0.3 is 9.84 Å². The largest absolute Gasteiger partial charge is 0.384 e. The molecule has 3 nitrogen and oxygen atoms in total. The number of rotatable bonds is 2. The molecule has 0 aromatic heterocycles. The predicted molar refractivity (Wildman–Crippen MR) is 75.7 cm³/mol. The highest BCUT2D eigenvalue weighted by molar-refractivity contribution is 5.41. The van der Waals surface area contributed by atoms with Gasteiger partial charge in [-0.1, -0.05) is 17.9 Å². The Bertz CT molecular complexity index is 507. The molecule has 1 unspecified atom stereocenters. The third kappa shape index (κ3) is 4.31. The van der Waals surface area contributed by atoms with E-state index in [-0.39, 0.29) is 18.5 Å². The standard InChI is InChI=1S/C16H20FNO2/c1-13-11-18(7-3-9-20-13)12-15-5-6-16(17)10-14(15)4-2-8-19/h5-6,10,13,19H,3,7-9,11-12H2,1H3. The number of nitrogens with zero attached hydrogens (tertiary/aromatic N) is 1. The summed E-state index contributed by atoms with van der Waals surface area (Å²) < 4.78 is 18.9. The van der Waals surface area contributed by atoms with Gasteiger partial charge in [0.15, 0.2) is 0 Å². The van der Waals surface area contributed by atoms with Crippen molar-refractivity contribution in [3.63, 3.8) is 0 Å². The third-order valence-corrected chi connectivity index (χ3v) is 3.30. The number of aliphatic hydroxyl groups is 1. The molecular formula is C16H20FNO2. The molecule has 2 rings (SSSR count). The SMILES string of the molecule is CC1CN(Cc2ccc(F)cc2C#CCO)CCCO1. The highest BCUT2D eigenvalue weighted by Crippen LogP contribution is 2.15. The fraction of sp³-hybridized carbons (Fsp3) is 0.500. The maximum absolute atomic E-state index is 13.3. The second kappa shape index (κ2) is 7.39. The van der Waals surface area contributed by atoms with E-state index in [4.69, 9.17) is 9.84 Å². The highest BCUT2D eigenvalue weighted by atomic mass is 19.1. The molecule has 108 valence electrons. The molecule has 1 aliphatic rings. The number of halogens is 1. The Hall–Kier alpha value is -1.41. The van der Waals surface area contributed by atoms with Gasteiger partial charge in [-0.25, -0.2) is 4.39 Å². The number of hydrogen-bond acceptors (Lipinski definition) is 3. The number of aliphatic hydroxyl groups excluding tert-OH is 1. The molecule has 1 aliphatic heterocycles. The van der Waals surface area contributed by atoms with Gasteiger partial charge in [0.25, 0.3) is 0 Å². The normalized spacial score (nSPS) is 20.1. The van der Waals surface area contributed by atoms with Crippen LogP contribution in [0.5, 0.6) is 0 Å². The van der Waals surface area contributed by atoms with Crippen LogP contribution in [0.3, 0.4) is 0 Å². The molecule has 0 saturated carbocycles. The van der Waals surface area contributed by atoms with Crippen molar-refractivity contribution < 1.29 is 14.2 Å². The Balaban J connectivity index is 2.15. The van der Waals surface area contributed by atoms with Gasteiger partial charge in [0.05, 0.1) is 6.10 Å². The average molecular weight is 277 g/mol. The molecule has 0 amide bonds. The van der Waals surface area contributed by atoms with E-state index in [1.807, 2.05) is 0 Å². The summed E-state index contributed by atoms with van der Waals surface area (Å²) in [5.41, 5.74) is 1.64. The summed E-state index contributed by atoms with van der Waals surface area (Å²) >= 11 is 0. The average Bonchev–Trinajstić information content (AvgIpc) is 2.63. The van der Waals surface area contributed by atoms with Gasteiger partial charge in [-0.2, -0.15) is 0 Å². The van der Waals surface area contributed by atoms with Gasteiger partial charge in [0.2, 0.25) is 0 Å². The molecule has 1 aromatic carbocycles. The van der Waals surface area contributed by atoms with Crippen molar-refractivity contribution in [3.8, 4) is 11.8 Å². The van der Waals surface area contributed by atoms with Gasteiger partial charge in [-0.05, 0) is 31.0 Å². The van der Waals surface area contributed by atoms with E-state index in [0.29, 0.717) is 5.56 Å². The summed E-state index contributed by atoms with van der Waals surface area (Å²) in [4.78, 5) is 2.30. The van der Waals surface area contributed by atoms with Crippen molar-refractivity contribution in [2.45, 2.75) is 26.0 Å². The molecule has 0 bridgehead atoms. The first-order valence-electron chi connectivity index (χ1n) is 6.91. The zero-order valence-corrected chi connectivity index (χ0v) is 11.7. The van der Waals surface area contributed by atoms with Crippen molar-refractivity contribution in [3.05, 3.63) is 35.1 Å². The molecule has 1 saturated heterocycles. The Kier molecular flexibility index (Phi) is 5.54. The number of hydrogen-bond donors (Lipinski definition) is 1. The predicted octanol–water partition coefficient (Wildman–Crippen LogP) is 1.78. The first-order chi connectivity index (χ1) is 9.69. The van der Waals surface area contributed by atoms with Gasteiger partial charge in [0.1, 0.15) is 12.4 Å². The Morgan fingerprint density at radius 2 is 2.35 bits per heavy atom. The van der Waals surface area contributed by atoms with Crippen molar-refractivity contribution in [1.82, 2.24) is 4.90 Å². The quantitative estimate of drug-likeness (QED) is 0.836. The molecule has 4 heteroatoms. The summed E-state index contributed by atoms with van der Waals surface area (Å²) in [5.74, 6) is 5.11. The minimum atomic E-state index is -0.302. The number of ether oxygens (including phenoxy) is 1. The smallest absolute Gasteiger partial charge is 0.124 e. The minimum absolute atomic E-state index is 0.213. The van der Waals surface area contributed by atoms with Crippen LogP contribution in [0.1, 0.15) is 24.5 Å². The monoisotopic (exact) mass is 277 g/mol. The van der Waals surface area contributed by atoms with E-state index in [9.17, 15) is 4.39 Å². The van der Waals surface area contributed by atoms with Crippen LogP contribution in [0.25, 0.3) is 0 Å². The van der Waals surface area contributed by atoms with E-state index in [0.717, 1.165) is 38.2 Å². The molecule has 0 aliphatic carbocycles. The maximum Gasteiger partial charge on any atom is 0.124 e. The van der Waals surface area contributed by atoms with E-state index >= 15 is 0 Å². The van der Waals surface area contributed by atoms with Crippen molar-refractivity contribution in [2.24, 2.45) is 0 Å². The summed E-state index contributed by atoms with van der Waals surface area (Å²) in [6.45, 7) is 5.19. The van der Waals surface area contributed by atoms with Crippen LogP contribution >= 0.6 is 0 Å². The lowest BCUT2D eigenvalue weighted by Gasteiger charge is -2.22. The van der Waals surface area contributed by atoms with Gasteiger partial charge in [-0.15, -0.1) is 0 Å². The second-order valence-corrected chi connectivity index (χ2v) is 5.03. The fourth-order valence-electron chi connectivity index (χ4n) is 2.40. The molecule has 20 heavy (non-hydrogen) atoms.